The van der Waals surface area contributed by atoms with E-state index in [-0.39, 0.29) is 12.6 Å². The molecule has 1 atom stereocenters. The lowest BCUT2D eigenvalue weighted by molar-refractivity contribution is 0.224. The standard InChI is InChI=1S/C6H11N3O/c1-2-6(3-10)9-4-7-8-5-9/h4-6,10H,2-3H2,1H3. The second-order valence-electron chi connectivity index (χ2n) is 2.15. The molecule has 0 aliphatic carbocycles. The Morgan fingerprint density at radius 2 is 2.10 bits per heavy atom. The van der Waals surface area contributed by atoms with Gasteiger partial charge in [-0.05, 0) is 6.42 Å². The van der Waals surface area contributed by atoms with Crippen LogP contribution in [-0.4, -0.2) is 26.5 Å². The number of aromatic nitrogens is 3. The maximum atomic E-state index is 8.82. The van der Waals surface area contributed by atoms with Gasteiger partial charge in [-0.1, -0.05) is 6.92 Å². The van der Waals surface area contributed by atoms with Gasteiger partial charge in [0.2, 0.25) is 0 Å². The second kappa shape index (κ2) is 3.31. The quantitative estimate of drug-likeness (QED) is 0.655. The van der Waals surface area contributed by atoms with Crippen molar-refractivity contribution in [1.29, 1.82) is 0 Å². The third-order valence-electron chi connectivity index (χ3n) is 1.54. The highest BCUT2D eigenvalue weighted by atomic mass is 16.3. The fourth-order valence-electron chi connectivity index (χ4n) is 0.831. The van der Waals surface area contributed by atoms with Crippen LogP contribution in [0.4, 0.5) is 0 Å². The molecule has 0 fully saturated rings. The van der Waals surface area contributed by atoms with Gasteiger partial charge in [-0.2, -0.15) is 0 Å². The van der Waals surface area contributed by atoms with E-state index >= 15 is 0 Å². The third-order valence-corrected chi connectivity index (χ3v) is 1.54. The van der Waals surface area contributed by atoms with Gasteiger partial charge in [0, 0.05) is 0 Å². The van der Waals surface area contributed by atoms with Gasteiger partial charge in [0.05, 0.1) is 12.6 Å². The van der Waals surface area contributed by atoms with Crippen LogP contribution < -0.4 is 0 Å². The minimum atomic E-state index is 0.134. The molecule has 0 aromatic carbocycles. The summed E-state index contributed by atoms with van der Waals surface area (Å²) in [5.74, 6) is 0. The SMILES string of the molecule is CCC(CO)n1cnnc1. The zero-order valence-electron chi connectivity index (χ0n) is 5.94. The van der Waals surface area contributed by atoms with Gasteiger partial charge in [0.1, 0.15) is 12.7 Å². The van der Waals surface area contributed by atoms with Crippen LogP contribution in [0.25, 0.3) is 0 Å². The van der Waals surface area contributed by atoms with E-state index in [0.717, 1.165) is 6.42 Å². The van der Waals surface area contributed by atoms with Crippen molar-refractivity contribution in [2.75, 3.05) is 6.61 Å². The predicted molar refractivity (Wildman–Crippen MR) is 36.4 cm³/mol. The molecule has 4 nitrogen and oxygen atoms in total. The number of rotatable bonds is 3. The Bertz CT molecular complexity index is 169. The minimum absolute atomic E-state index is 0.134. The zero-order chi connectivity index (χ0) is 7.40. The topological polar surface area (TPSA) is 50.9 Å². The van der Waals surface area contributed by atoms with Crippen LogP contribution in [0.3, 0.4) is 0 Å². The highest BCUT2D eigenvalue weighted by molar-refractivity contribution is 4.69. The monoisotopic (exact) mass is 141 g/mol. The summed E-state index contributed by atoms with van der Waals surface area (Å²) >= 11 is 0. The molecule has 0 aliphatic heterocycles. The summed E-state index contributed by atoms with van der Waals surface area (Å²) < 4.78 is 1.81. The Labute approximate surface area is 59.5 Å². The van der Waals surface area contributed by atoms with Crippen LogP contribution in [-0.2, 0) is 0 Å². The van der Waals surface area contributed by atoms with Crippen molar-refractivity contribution in [3.8, 4) is 0 Å². The number of aliphatic hydroxyl groups is 1. The fraction of sp³-hybridized carbons (Fsp3) is 0.667. The van der Waals surface area contributed by atoms with Crippen molar-refractivity contribution in [1.82, 2.24) is 14.8 Å². The molecule has 1 heterocycles. The summed E-state index contributed by atoms with van der Waals surface area (Å²) in [6.07, 6.45) is 4.13. The van der Waals surface area contributed by atoms with Gasteiger partial charge in [0.25, 0.3) is 0 Å². The molecule has 1 unspecified atom stereocenters. The molecule has 4 heteroatoms. The van der Waals surface area contributed by atoms with E-state index in [0.29, 0.717) is 0 Å². The van der Waals surface area contributed by atoms with Crippen molar-refractivity contribution < 1.29 is 5.11 Å². The van der Waals surface area contributed by atoms with E-state index in [1.54, 1.807) is 17.2 Å². The van der Waals surface area contributed by atoms with E-state index in [9.17, 15) is 0 Å². The summed E-state index contributed by atoms with van der Waals surface area (Å²) in [7, 11) is 0. The molecular weight excluding hydrogens is 130 g/mol. The third kappa shape index (κ3) is 1.33. The zero-order valence-corrected chi connectivity index (χ0v) is 5.94. The summed E-state index contributed by atoms with van der Waals surface area (Å²) in [4.78, 5) is 0. The molecule has 1 aromatic rings. The molecule has 1 N–H and O–H groups in total. The summed E-state index contributed by atoms with van der Waals surface area (Å²) in [5.41, 5.74) is 0. The molecule has 0 saturated heterocycles. The Morgan fingerprint density at radius 1 is 1.50 bits per heavy atom. The van der Waals surface area contributed by atoms with Gasteiger partial charge < -0.3 is 9.67 Å². The highest BCUT2D eigenvalue weighted by Crippen LogP contribution is 2.06. The number of hydrogen-bond acceptors (Lipinski definition) is 3. The van der Waals surface area contributed by atoms with Crippen molar-refractivity contribution in [2.45, 2.75) is 19.4 Å². The first kappa shape index (κ1) is 7.21. The molecule has 0 spiro atoms. The normalized spacial score (nSPS) is 13.4. The molecule has 0 saturated carbocycles. The average molecular weight is 141 g/mol. The Kier molecular flexibility index (Phi) is 2.39. The molecule has 1 rings (SSSR count). The molecule has 10 heavy (non-hydrogen) atoms. The second-order valence-corrected chi connectivity index (χ2v) is 2.15. The van der Waals surface area contributed by atoms with E-state index in [4.69, 9.17) is 5.11 Å². The van der Waals surface area contributed by atoms with E-state index in [1.807, 2.05) is 6.92 Å². The maximum Gasteiger partial charge on any atom is 0.119 e. The van der Waals surface area contributed by atoms with E-state index in [2.05, 4.69) is 10.2 Å². The Hall–Kier alpha value is -0.900. The smallest absolute Gasteiger partial charge is 0.119 e. The molecule has 1 aromatic heterocycles. The fourth-order valence-corrected chi connectivity index (χ4v) is 0.831. The largest absolute Gasteiger partial charge is 0.394 e. The number of nitrogens with zero attached hydrogens (tertiary/aromatic N) is 3. The van der Waals surface area contributed by atoms with Crippen LogP contribution in [0.5, 0.6) is 0 Å². The molecule has 0 radical (unpaired) electrons. The van der Waals surface area contributed by atoms with Crippen LogP contribution in [0.15, 0.2) is 12.7 Å². The van der Waals surface area contributed by atoms with E-state index < -0.39 is 0 Å². The van der Waals surface area contributed by atoms with Crippen LogP contribution in [0, 0.1) is 0 Å². The Morgan fingerprint density at radius 3 is 2.50 bits per heavy atom. The lowest BCUT2D eigenvalue weighted by Gasteiger charge is -2.10. The first-order valence-electron chi connectivity index (χ1n) is 3.33. The lowest BCUT2D eigenvalue weighted by Crippen LogP contribution is -2.09. The van der Waals surface area contributed by atoms with Crippen molar-refractivity contribution in [2.24, 2.45) is 0 Å². The van der Waals surface area contributed by atoms with Gasteiger partial charge >= 0.3 is 0 Å². The number of aliphatic hydroxyl groups excluding tert-OH is 1. The van der Waals surface area contributed by atoms with Gasteiger partial charge in [-0.25, -0.2) is 0 Å². The molecule has 0 amide bonds. The van der Waals surface area contributed by atoms with Crippen LogP contribution in [0.2, 0.25) is 0 Å². The molecule has 0 bridgehead atoms. The summed E-state index contributed by atoms with van der Waals surface area (Å²) in [6, 6.07) is 0.134. The lowest BCUT2D eigenvalue weighted by atomic mass is 10.2. The van der Waals surface area contributed by atoms with Gasteiger partial charge in [-0.15, -0.1) is 10.2 Å². The predicted octanol–water partition coefficient (Wildman–Crippen LogP) is 0.221. The summed E-state index contributed by atoms with van der Waals surface area (Å²) in [6.45, 7) is 2.16. The maximum absolute atomic E-state index is 8.82. The molecular formula is C6H11N3O. The summed E-state index contributed by atoms with van der Waals surface area (Å²) in [5, 5.41) is 16.1. The van der Waals surface area contributed by atoms with Crippen molar-refractivity contribution >= 4 is 0 Å². The molecule has 56 valence electrons. The van der Waals surface area contributed by atoms with Crippen LogP contribution >= 0.6 is 0 Å². The first-order chi connectivity index (χ1) is 4.88. The van der Waals surface area contributed by atoms with Crippen molar-refractivity contribution in [3.05, 3.63) is 12.7 Å². The van der Waals surface area contributed by atoms with E-state index in [1.165, 1.54) is 0 Å². The van der Waals surface area contributed by atoms with Gasteiger partial charge in [0.15, 0.2) is 0 Å². The van der Waals surface area contributed by atoms with Crippen LogP contribution in [0.1, 0.15) is 19.4 Å². The average Bonchev–Trinajstić information content (AvgIpc) is 2.43. The van der Waals surface area contributed by atoms with Gasteiger partial charge in [-0.3, -0.25) is 0 Å². The first-order valence-corrected chi connectivity index (χ1v) is 3.33. The molecule has 0 aliphatic rings. The number of hydrogen-bond donors (Lipinski definition) is 1. The highest BCUT2D eigenvalue weighted by Gasteiger charge is 2.04. The Balaban J connectivity index is 2.64. The minimum Gasteiger partial charge on any atom is -0.394 e. The van der Waals surface area contributed by atoms with Crippen molar-refractivity contribution in [3.63, 3.8) is 0 Å².